The quantitative estimate of drug-likeness (QED) is 0.650. The van der Waals surface area contributed by atoms with E-state index in [0.717, 1.165) is 0 Å². The molecule has 11 heavy (non-hydrogen) atoms. The third kappa shape index (κ3) is 1.03. The minimum atomic E-state index is 0.00673. The third-order valence-electron chi connectivity index (χ3n) is 1.41. The molecule has 0 bridgehead atoms. The van der Waals surface area contributed by atoms with Gasteiger partial charge in [-0.3, -0.25) is 0 Å². The summed E-state index contributed by atoms with van der Waals surface area (Å²) in [6.07, 6.45) is 3.26. The van der Waals surface area contributed by atoms with E-state index in [0.29, 0.717) is 10.7 Å². The molecule has 4 heteroatoms. The van der Waals surface area contributed by atoms with E-state index in [1.807, 2.05) is 0 Å². The second-order valence-corrected chi connectivity index (χ2v) is 2.65. The summed E-state index contributed by atoms with van der Waals surface area (Å²) in [6, 6.07) is 3.41. The van der Waals surface area contributed by atoms with Crippen LogP contribution in [0.25, 0.3) is 5.65 Å². The Labute approximate surface area is 67.9 Å². The van der Waals surface area contributed by atoms with Crippen LogP contribution in [0.4, 0.5) is 0 Å². The Morgan fingerprint density at radius 1 is 1.55 bits per heavy atom. The van der Waals surface area contributed by atoms with Crippen molar-refractivity contribution in [3.8, 4) is 5.88 Å². The highest BCUT2D eigenvalue weighted by Gasteiger charge is 1.98. The molecular formula is C7H5ClN2O. The Balaban J connectivity index is 2.82. The van der Waals surface area contributed by atoms with Gasteiger partial charge in [-0.1, -0.05) is 11.6 Å². The number of halogens is 1. The highest BCUT2D eigenvalue weighted by atomic mass is 35.5. The first-order chi connectivity index (χ1) is 5.25. The van der Waals surface area contributed by atoms with Crippen molar-refractivity contribution in [3.63, 3.8) is 0 Å². The summed E-state index contributed by atoms with van der Waals surface area (Å²) in [5.74, 6) is 0.00673. The van der Waals surface area contributed by atoms with Gasteiger partial charge in [0, 0.05) is 17.3 Å². The highest BCUT2D eigenvalue weighted by Crippen LogP contribution is 2.14. The van der Waals surface area contributed by atoms with E-state index in [2.05, 4.69) is 4.98 Å². The monoisotopic (exact) mass is 168 g/mol. The molecule has 2 aromatic rings. The van der Waals surface area contributed by atoms with Crippen LogP contribution in [0.1, 0.15) is 0 Å². The molecule has 3 nitrogen and oxygen atoms in total. The Kier molecular flexibility index (Phi) is 1.26. The van der Waals surface area contributed by atoms with E-state index in [9.17, 15) is 0 Å². The molecule has 0 radical (unpaired) electrons. The summed E-state index contributed by atoms with van der Waals surface area (Å²) in [5, 5.41) is 9.59. The largest absolute Gasteiger partial charge is 0.492 e. The smallest absolute Gasteiger partial charge is 0.230 e. The summed E-state index contributed by atoms with van der Waals surface area (Å²) in [5.41, 5.74) is 0.648. The molecule has 0 aliphatic rings. The normalized spacial score (nSPS) is 10.6. The minimum Gasteiger partial charge on any atom is -0.492 e. The molecule has 0 saturated heterocycles. The lowest BCUT2D eigenvalue weighted by Crippen LogP contribution is -1.79. The van der Waals surface area contributed by atoms with Crippen molar-refractivity contribution in [1.29, 1.82) is 0 Å². The van der Waals surface area contributed by atoms with Gasteiger partial charge in [0.2, 0.25) is 5.88 Å². The maximum atomic E-state index is 8.97. The molecule has 0 aliphatic heterocycles. The summed E-state index contributed by atoms with van der Waals surface area (Å²) in [6.45, 7) is 0. The number of nitrogens with zero attached hydrogens (tertiary/aromatic N) is 2. The highest BCUT2D eigenvalue weighted by molar-refractivity contribution is 6.30. The number of aromatic hydroxyl groups is 1. The molecule has 2 heterocycles. The molecule has 0 unspecified atom stereocenters. The van der Waals surface area contributed by atoms with Gasteiger partial charge in [0.25, 0.3) is 0 Å². The molecule has 0 atom stereocenters. The molecule has 0 aliphatic carbocycles. The molecule has 0 spiro atoms. The fourth-order valence-corrected chi connectivity index (χ4v) is 1.10. The number of rotatable bonds is 0. The zero-order valence-corrected chi connectivity index (χ0v) is 6.28. The standard InChI is InChI=1S/C7H5ClN2O/c8-5-1-2-10-4-7(11)9-6(10)3-5/h1-4,11H. The SMILES string of the molecule is Oc1cn2ccc(Cl)cc2n1. The van der Waals surface area contributed by atoms with Crippen molar-refractivity contribution in [2.75, 3.05) is 0 Å². The molecule has 2 aromatic heterocycles. The predicted octanol–water partition coefficient (Wildman–Crippen LogP) is 1.69. The number of pyridine rings is 1. The van der Waals surface area contributed by atoms with Crippen molar-refractivity contribution in [2.45, 2.75) is 0 Å². The van der Waals surface area contributed by atoms with Gasteiger partial charge in [-0.25, -0.2) is 0 Å². The maximum Gasteiger partial charge on any atom is 0.230 e. The van der Waals surface area contributed by atoms with Gasteiger partial charge in [-0.15, -0.1) is 0 Å². The van der Waals surface area contributed by atoms with Crippen molar-refractivity contribution in [3.05, 3.63) is 29.5 Å². The van der Waals surface area contributed by atoms with E-state index >= 15 is 0 Å². The van der Waals surface area contributed by atoms with Gasteiger partial charge >= 0.3 is 0 Å². The lowest BCUT2D eigenvalue weighted by atomic mass is 10.5. The first kappa shape index (κ1) is 6.49. The van der Waals surface area contributed by atoms with Crippen molar-refractivity contribution in [1.82, 2.24) is 9.38 Å². The minimum absolute atomic E-state index is 0.00673. The van der Waals surface area contributed by atoms with Crippen LogP contribution >= 0.6 is 11.6 Å². The summed E-state index contributed by atoms with van der Waals surface area (Å²) in [4.78, 5) is 3.81. The average molecular weight is 169 g/mol. The molecule has 0 saturated carbocycles. The first-order valence-corrected chi connectivity index (χ1v) is 3.47. The van der Waals surface area contributed by atoms with E-state index in [1.165, 1.54) is 6.20 Å². The summed E-state index contributed by atoms with van der Waals surface area (Å²) in [7, 11) is 0. The molecular weight excluding hydrogens is 164 g/mol. The van der Waals surface area contributed by atoms with E-state index < -0.39 is 0 Å². The van der Waals surface area contributed by atoms with Gasteiger partial charge in [0.15, 0.2) is 0 Å². The Bertz CT molecular complexity index is 396. The molecule has 0 amide bonds. The van der Waals surface area contributed by atoms with Gasteiger partial charge in [-0.2, -0.15) is 4.98 Å². The zero-order valence-electron chi connectivity index (χ0n) is 5.53. The topological polar surface area (TPSA) is 37.5 Å². The maximum absolute atomic E-state index is 8.97. The molecule has 56 valence electrons. The fourth-order valence-electron chi connectivity index (χ4n) is 0.944. The zero-order chi connectivity index (χ0) is 7.84. The summed E-state index contributed by atoms with van der Waals surface area (Å²) >= 11 is 5.69. The van der Waals surface area contributed by atoms with Crippen LogP contribution in [0.15, 0.2) is 24.5 Å². The van der Waals surface area contributed by atoms with Crippen molar-refractivity contribution < 1.29 is 5.11 Å². The molecule has 0 aromatic carbocycles. The number of hydrogen-bond acceptors (Lipinski definition) is 2. The first-order valence-electron chi connectivity index (χ1n) is 3.09. The van der Waals surface area contributed by atoms with Crippen LogP contribution in [-0.2, 0) is 0 Å². The molecule has 1 N–H and O–H groups in total. The van der Waals surface area contributed by atoms with E-state index in [1.54, 1.807) is 22.7 Å². The second-order valence-electron chi connectivity index (χ2n) is 2.21. The van der Waals surface area contributed by atoms with Gasteiger partial charge in [-0.05, 0) is 6.07 Å². The number of hydrogen-bond donors (Lipinski definition) is 1. The Morgan fingerprint density at radius 3 is 3.18 bits per heavy atom. The van der Waals surface area contributed by atoms with Crippen LogP contribution < -0.4 is 0 Å². The summed E-state index contributed by atoms with van der Waals surface area (Å²) < 4.78 is 1.70. The van der Waals surface area contributed by atoms with Gasteiger partial charge < -0.3 is 9.51 Å². The number of imidazole rings is 1. The lowest BCUT2D eigenvalue weighted by molar-refractivity contribution is 0.457. The average Bonchev–Trinajstić information content (AvgIpc) is 2.27. The fraction of sp³-hybridized carbons (Fsp3) is 0. The lowest BCUT2D eigenvalue weighted by Gasteiger charge is -1.90. The molecule has 2 rings (SSSR count). The Hall–Kier alpha value is -1.22. The number of fused-ring (bicyclic) bond motifs is 1. The van der Waals surface area contributed by atoms with Gasteiger partial charge in [0.05, 0.1) is 6.20 Å². The van der Waals surface area contributed by atoms with Crippen LogP contribution in [0.3, 0.4) is 0 Å². The van der Waals surface area contributed by atoms with Crippen molar-refractivity contribution >= 4 is 17.2 Å². The van der Waals surface area contributed by atoms with E-state index in [-0.39, 0.29) is 5.88 Å². The molecule has 0 fully saturated rings. The van der Waals surface area contributed by atoms with Crippen LogP contribution in [0, 0.1) is 0 Å². The number of aromatic nitrogens is 2. The van der Waals surface area contributed by atoms with Crippen LogP contribution in [0.5, 0.6) is 5.88 Å². The second kappa shape index (κ2) is 2.13. The third-order valence-corrected chi connectivity index (χ3v) is 1.64. The Morgan fingerprint density at radius 2 is 2.36 bits per heavy atom. The predicted molar refractivity (Wildman–Crippen MR) is 41.9 cm³/mol. The van der Waals surface area contributed by atoms with Crippen LogP contribution in [0.2, 0.25) is 5.02 Å². The van der Waals surface area contributed by atoms with Crippen molar-refractivity contribution in [2.24, 2.45) is 0 Å². The van der Waals surface area contributed by atoms with Crippen LogP contribution in [-0.4, -0.2) is 14.5 Å². The van der Waals surface area contributed by atoms with E-state index in [4.69, 9.17) is 16.7 Å². The van der Waals surface area contributed by atoms with Gasteiger partial charge in [0.1, 0.15) is 5.65 Å².